The number of imide groups is 1. The van der Waals surface area contributed by atoms with Crippen molar-refractivity contribution in [3.05, 3.63) is 28.8 Å². The number of hydrogen-bond acceptors (Lipinski definition) is 4. The van der Waals surface area contributed by atoms with E-state index in [2.05, 4.69) is 5.32 Å². The second kappa shape index (κ2) is 6.02. The van der Waals surface area contributed by atoms with E-state index in [9.17, 15) is 19.5 Å². The number of rotatable bonds is 3. The summed E-state index contributed by atoms with van der Waals surface area (Å²) in [7, 11) is 0. The smallest absolute Gasteiger partial charge is 0.291 e. The van der Waals surface area contributed by atoms with Crippen molar-refractivity contribution < 1.29 is 24.8 Å². The fourth-order valence-corrected chi connectivity index (χ4v) is 5.11. The van der Waals surface area contributed by atoms with Crippen LogP contribution in [0.25, 0.3) is 0 Å². The third-order valence-electron chi connectivity index (χ3n) is 6.39. The first kappa shape index (κ1) is 18.4. The summed E-state index contributed by atoms with van der Waals surface area (Å²) in [6, 6.07) is 4.21. The quantitative estimate of drug-likeness (QED) is 0.640. The van der Waals surface area contributed by atoms with E-state index >= 15 is 0 Å². The third kappa shape index (κ3) is 2.25. The number of anilines is 1. The van der Waals surface area contributed by atoms with Gasteiger partial charge in [-0.25, -0.2) is 0 Å². The number of halogens is 1. The Morgan fingerprint density at radius 2 is 2.00 bits per heavy atom. The Hall–Kier alpha value is -1.96. The molecule has 8 heteroatoms. The maximum Gasteiger partial charge on any atom is 0.291 e. The summed E-state index contributed by atoms with van der Waals surface area (Å²) >= 11 is 6.18. The number of nitrogens with two attached hydrogens (primary N) is 1. The summed E-state index contributed by atoms with van der Waals surface area (Å²) in [5, 5.41) is 15.3. The van der Waals surface area contributed by atoms with Crippen LogP contribution >= 0.6 is 11.6 Å². The molecule has 3 heterocycles. The van der Waals surface area contributed by atoms with Crippen molar-refractivity contribution in [3.63, 3.8) is 0 Å². The van der Waals surface area contributed by atoms with Gasteiger partial charge in [-0.05, 0) is 38.5 Å². The molecule has 2 fully saturated rings. The standard InChI is InChI=1S/C19H22ClN3O4/c1-4-8(2)23-16(25)13-14(17(23)26)19(22-15(13)9(3)24)11-7-10(20)5-6-12(11)21-18(19)27/h5-9,13-15,22,24H,4H2,1-3H3,(H,21,27)/p+1/t8-,9+,13-,14-,15+,19-/m0/s1. The van der Waals surface area contributed by atoms with Gasteiger partial charge in [-0.3, -0.25) is 19.3 Å². The number of amides is 3. The predicted molar refractivity (Wildman–Crippen MR) is 97.7 cm³/mol. The van der Waals surface area contributed by atoms with Gasteiger partial charge in [0.15, 0.2) is 0 Å². The molecule has 1 aromatic rings. The molecule has 144 valence electrons. The molecule has 2 saturated heterocycles. The predicted octanol–water partition coefficient (Wildman–Crippen LogP) is 0.214. The highest BCUT2D eigenvalue weighted by molar-refractivity contribution is 6.31. The van der Waals surface area contributed by atoms with Gasteiger partial charge in [-0.15, -0.1) is 0 Å². The van der Waals surface area contributed by atoms with Gasteiger partial charge in [0.25, 0.3) is 5.91 Å². The Morgan fingerprint density at radius 3 is 2.63 bits per heavy atom. The largest absolute Gasteiger partial charge is 0.387 e. The van der Waals surface area contributed by atoms with Crippen molar-refractivity contribution in [1.29, 1.82) is 0 Å². The Morgan fingerprint density at radius 1 is 1.30 bits per heavy atom. The number of nitrogens with zero attached hydrogens (tertiary/aromatic N) is 1. The number of fused-ring (bicyclic) bond motifs is 4. The van der Waals surface area contributed by atoms with Crippen LogP contribution in [0.1, 0.15) is 32.8 Å². The molecule has 7 nitrogen and oxygen atoms in total. The monoisotopic (exact) mass is 392 g/mol. The number of quaternary nitrogens is 1. The van der Waals surface area contributed by atoms with Crippen molar-refractivity contribution in [2.45, 2.75) is 50.9 Å². The summed E-state index contributed by atoms with van der Waals surface area (Å²) in [6.45, 7) is 5.32. The number of nitrogens with one attached hydrogen (secondary N) is 1. The zero-order valence-corrected chi connectivity index (χ0v) is 16.2. The summed E-state index contributed by atoms with van der Waals surface area (Å²) < 4.78 is 0. The van der Waals surface area contributed by atoms with Gasteiger partial charge in [0.1, 0.15) is 24.0 Å². The number of benzene rings is 1. The lowest BCUT2D eigenvalue weighted by atomic mass is 9.76. The number of likely N-dealkylation sites (tertiary alicyclic amines) is 1. The summed E-state index contributed by atoms with van der Waals surface area (Å²) in [5.74, 6) is -2.60. The zero-order valence-electron chi connectivity index (χ0n) is 15.4. The van der Waals surface area contributed by atoms with E-state index < -0.39 is 29.5 Å². The third-order valence-corrected chi connectivity index (χ3v) is 6.62. The highest BCUT2D eigenvalue weighted by Crippen LogP contribution is 2.50. The Balaban J connectivity index is 1.92. The molecule has 4 rings (SSSR count). The van der Waals surface area contributed by atoms with Gasteiger partial charge in [0, 0.05) is 16.6 Å². The molecule has 3 aliphatic rings. The Kier molecular flexibility index (Phi) is 4.10. The number of carbonyl (C=O) groups excluding carboxylic acids is 3. The van der Waals surface area contributed by atoms with E-state index in [1.807, 2.05) is 13.8 Å². The first-order chi connectivity index (χ1) is 12.7. The minimum Gasteiger partial charge on any atom is -0.387 e. The van der Waals surface area contributed by atoms with Crippen molar-refractivity contribution in [2.24, 2.45) is 11.8 Å². The molecule has 4 N–H and O–H groups in total. The average Bonchev–Trinajstić information content (AvgIpc) is 3.20. The van der Waals surface area contributed by atoms with Crippen LogP contribution in [0.5, 0.6) is 0 Å². The number of aliphatic hydroxyl groups excluding tert-OH is 1. The fraction of sp³-hybridized carbons (Fsp3) is 0.526. The first-order valence-corrected chi connectivity index (χ1v) is 9.64. The second-order valence-corrected chi connectivity index (χ2v) is 8.24. The Bertz CT molecular complexity index is 857. The SMILES string of the molecule is CC[C@H](C)N1C(=O)[C@@H]2[C@@H]([C@@H](C)O)[NH2+][C@]3(C(=O)Nc4ccc(Cl)cc43)[C@@H]2C1=O. The molecule has 0 bridgehead atoms. The van der Waals surface area contributed by atoms with E-state index in [4.69, 9.17) is 11.6 Å². The van der Waals surface area contributed by atoms with E-state index in [0.29, 0.717) is 22.7 Å². The van der Waals surface area contributed by atoms with Crippen molar-refractivity contribution in [3.8, 4) is 0 Å². The molecule has 0 unspecified atom stereocenters. The summed E-state index contributed by atoms with van der Waals surface area (Å²) in [6.07, 6.45) is -0.233. The van der Waals surface area contributed by atoms with Crippen molar-refractivity contribution in [1.82, 2.24) is 4.90 Å². The van der Waals surface area contributed by atoms with Crippen LogP contribution in [-0.4, -0.2) is 45.9 Å². The van der Waals surface area contributed by atoms with Crippen LogP contribution in [0.3, 0.4) is 0 Å². The molecule has 0 saturated carbocycles. The van der Waals surface area contributed by atoms with Crippen LogP contribution in [-0.2, 0) is 19.9 Å². The highest BCUT2D eigenvalue weighted by atomic mass is 35.5. The topological polar surface area (TPSA) is 103 Å². The maximum absolute atomic E-state index is 13.4. The molecule has 27 heavy (non-hydrogen) atoms. The number of hydrogen-bond donors (Lipinski definition) is 3. The molecule has 0 aliphatic carbocycles. The molecule has 0 radical (unpaired) electrons. The van der Waals surface area contributed by atoms with Crippen LogP contribution in [0.4, 0.5) is 5.69 Å². The highest BCUT2D eigenvalue weighted by Gasteiger charge is 2.75. The van der Waals surface area contributed by atoms with Gasteiger partial charge in [-0.2, -0.15) is 0 Å². The van der Waals surface area contributed by atoms with Crippen LogP contribution in [0, 0.1) is 11.8 Å². The van der Waals surface area contributed by atoms with E-state index in [-0.39, 0.29) is 23.8 Å². The summed E-state index contributed by atoms with van der Waals surface area (Å²) in [5.41, 5.74) is -0.0974. The van der Waals surface area contributed by atoms with Crippen LogP contribution in [0.2, 0.25) is 5.02 Å². The van der Waals surface area contributed by atoms with E-state index in [1.165, 1.54) is 4.90 Å². The van der Waals surface area contributed by atoms with Crippen LogP contribution < -0.4 is 10.6 Å². The molecule has 6 atom stereocenters. The van der Waals surface area contributed by atoms with Gasteiger partial charge in [-0.1, -0.05) is 18.5 Å². The zero-order chi connectivity index (χ0) is 19.7. The van der Waals surface area contributed by atoms with Crippen molar-refractivity contribution >= 4 is 35.0 Å². The van der Waals surface area contributed by atoms with Crippen molar-refractivity contribution in [2.75, 3.05) is 5.32 Å². The maximum atomic E-state index is 13.4. The molecule has 3 amide bonds. The molecule has 0 aromatic heterocycles. The van der Waals surface area contributed by atoms with Crippen LogP contribution in [0.15, 0.2) is 18.2 Å². The fourth-order valence-electron chi connectivity index (χ4n) is 4.94. The van der Waals surface area contributed by atoms with E-state index in [1.54, 1.807) is 30.4 Å². The number of aliphatic hydroxyl groups is 1. The first-order valence-electron chi connectivity index (χ1n) is 9.26. The minimum atomic E-state index is -1.29. The minimum absolute atomic E-state index is 0.259. The van der Waals surface area contributed by atoms with Gasteiger partial charge >= 0.3 is 0 Å². The molecule has 1 aromatic carbocycles. The number of carbonyl (C=O) groups is 3. The molecular formula is C19H23ClN3O4+. The molecule has 3 aliphatic heterocycles. The average molecular weight is 393 g/mol. The Labute approximate surface area is 162 Å². The molecular weight excluding hydrogens is 370 g/mol. The lowest BCUT2D eigenvalue weighted by Gasteiger charge is -2.29. The van der Waals surface area contributed by atoms with Gasteiger partial charge in [0.05, 0.1) is 5.69 Å². The second-order valence-electron chi connectivity index (χ2n) is 7.80. The lowest BCUT2D eigenvalue weighted by Crippen LogP contribution is -3.00. The van der Waals surface area contributed by atoms with Gasteiger partial charge in [0.2, 0.25) is 17.4 Å². The summed E-state index contributed by atoms with van der Waals surface area (Å²) in [4.78, 5) is 40.9. The lowest BCUT2D eigenvalue weighted by molar-refractivity contribution is -0.738. The van der Waals surface area contributed by atoms with Gasteiger partial charge < -0.3 is 15.7 Å². The molecule has 1 spiro atoms. The van der Waals surface area contributed by atoms with E-state index in [0.717, 1.165) is 0 Å². The normalized spacial score (nSPS) is 34.0.